The predicted molar refractivity (Wildman–Crippen MR) is 95.9 cm³/mol. The van der Waals surface area contributed by atoms with Crippen LogP contribution in [0.3, 0.4) is 0 Å². The SMILES string of the molecule is CC(OC(=O)c1ccc2ocnc2c1)C(=O)Nc1ccc(Cl)c(C(=O)O)c1. The number of oxazole rings is 1. The molecule has 0 radical (unpaired) electrons. The van der Waals surface area contributed by atoms with E-state index >= 15 is 0 Å². The molecule has 0 saturated carbocycles. The van der Waals surface area contributed by atoms with Crippen LogP contribution in [-0.4, -0.2) is 34.0 Å². The first-order valence-corrected chi connectivity index (χ1v) is 8.11. The van der Waals surface area contributed by atoms with Crippen molar-refractivity contribution in [2.24, 2.45) is 0 Å². The molecule has 138 valence electrons. The fourth-order valence-corrected chi connectivity index (χ4v) is 2.48. The van der Waals surface area contributed by atoms with Gasteiger partial charge in [0.25, 0.3) is 5.91 Å². The number of carbonyl (C=O) groups excluding carboxylic acids is 2. The summed E-state index contributed by atoms with van der Waals surface area (Å²) in [6.45, 7) is 1.40. The van der Waals surface area contributed by atoms with Gasteiger partial charge in [-0.05, 0) is 43.3 Å². The van der Waals surface area contributed by atoms with Crippen molar-refractivity contribution in [3.8, 4) is 0 Å². The Morgan fingerprint density at radius 2 is 2.00 bits per heavy atom. The van der Waals surface area contributed by atoms with Gasteiger partial charge >= 0.3 is 11.9 Å². The molecule has 1 heterocycles. The van der Waals surface area contributed by atoms with Crippen LogP contribution in [0.5, 0.6) is 0 Å². The molecule has 1 unspecified atom stereocenters. The fraction of sp³-hybridized carbons (Fsp3) is 0.111. The summed E-state index contributed by atoms with van der Waals surface area (Å²) in [5, 5.41) is 11.6. The number of carboxylic acids is 1. The molecule has 3 rings (SSSR count). The second kappa shape index (κ2) is 7.46. The number of rotatable bonds is 5. The van der Waals surface area contributed by atoms with E-state index in [1.165, 1.54) is 43.6 Å². The van der Waals surface area contributed by atoms with Gasteiger partial charge in [0.15, 0.2) is 18.1 Å². The largest absolute Gasteiger partial charge is 0.478 e. The van der Waals surface area contributed by atoms with Crippen LogP contribution < -0.4 is 5.32 Å². The lowest BCUT2D eigenvalue weighted by atomic mass is 10.2. The van der Waals surface area contributed by atoms with Crippen molar-refractivity contribution in [2.75, 3.05) is 5.32 Å². The van der Waals surface area contributed by atoms with E-state index in [1.54, 1.807) is 6.07 Å². The van der Waals surface area contributed by atoms with Crippen molar-refractivity contribution >= 4 is 46.2 Å². The highest BCUT2D eigenvalue weighted by atomic mass is 35.5. The zero-order valence-corrected chi connectivity index (χ0v) is 14.7. The summed E-state index contributed by atoms with van der Waals surface area (Å²) >= 11 is 5.79. The average Bonchev–Trinajstić information content (AvgIpc) is 3.10. The minimum atomic E-state index is -1.22. The smallest absolute Gasteiger partial charge is 0.338 e. The quantitative estimate of drug-likeness (QED) is 0.643. The highest BCUT2D eigenvalue weighted by molar-refractivity contribution is 6.33. The van der Waals surface area contributed by atoms with Crippen molar-refractivity contribution in [3.05, 3.63) is 58.9 Å². The Labute approximate surface area is 157 Å². The minimum absolute atomic E-state index is 0.0447. The summed E-state index contributed by atoms with van der Waals surface area (Å²) in [6.07, 6.45) is 0.141. The highest BCUT2D eigenvalue weighted by Gasteiger charge is 2.20. The van der Waals surface area contributed by atoms with Crippen molar-refractivity contribution in [1.29, 1.82) is 0 Å². The third-order valence-corrected chi connectivity index (χ3v) is 4.01. The van der Waals surface area contributed by atoms with Gasteiger partial charge in [0.05, 0.1) is 16.1 Å². The monoisotopic (exact) mass is 388 g/mol. The first-order chi connectivity index (χ1) is 12.8. The minimum Gasteiger partial charge on any atom is -0.478 e. The summed E-state index contributed by atoms with van der Waals surface area (Å²) < 4.78 is 10.2. The Morgan fingerprint density at radius 1 is 1.22 bits per heavy atom. The molecule has 27 heavy (non-hydrogen) atoms. The van der Waals surface area contributed by atoms with Crippen LogP contribution in [0.15, 0.2) is 47.2 Å². The first kappa shape index (κ1) is 18.4. The molecular weight excluding hydrogens is 376 g/mol. The zero-order chi connectivity index (χ0) is 19.6. The van der Waals surface area contributed by atoms with E-state index in [4.69, 9.17) is 25.9 Å². The fourth-order valence-electron chi connectivity index (χ4n) is 2.28. The topological polar surface area (TPSA) is 119 Å². The number of aromatic carboxylic acids is 1. The van der Waals surface area contributed by atoms with E-state index in [0.717, 1.165) is 0 Å². The lowest BCUT2D eigenvalue weighted by Gasteiger charge is -2.14. The molecular formula is C18H13ClN2O6. The first-order valence-electron chi connectivity index (χ1n) is 7.73. The van der Waals surface area contributed by atoms with Crippen LogP contribution in [0.1, 0.15) is 27.6 Å². The Balaban J connectivity index is 1.67. The standard InChI is InChI=1S/C18H13ClN2O6/c1-9(16(22)21-11-3-4-13(19)12(7-11)17(23)24)27-18(25)10-2-5-15-14(6-10)20-8-26-15/h2-9H,1H3,(H,21,22)(H,23,24). The highest BCUT2D eigenvalue weighted by Crippen LogP contribution is 2.21. The van der Waals surface area contributed by atoms with Crippen LogP contribution in [-0.2, 0) is 9.53 Å². The van der Waals surface area contributed by atoms with E-state index in [9.17, 15) is 14.4 Å². The number of carbonyl (C=O) groups is 3. The Hall–Kier alpha value is -3.39. The van der Waals surface area contributed by atoms with Crippen LogP contribution in [0, 0.1) is 0 Å². The Morgan fingerprint density at radius 3 is 2.74 bits per heavy atom. The summed E-state index contributed by atoms with van der Waals surface area (Å²) in [4.78, 5) is 39.5. The van der Waals surface area contributed by atoms with Crippen LogP contribution in [0.2, 0.25) is 5.02 Å². The second-order valence-electron chi connectivity index (χ2n) is 5.57. The van der Waals surface area contributed by atoms with Gasteiger partial charge in [-0.2, -0.15) is 0 Å². The molecule has 0 aliphatic carbocycles. The molecule has 8 nitrogen and oxygen atoms in total. The van der Waals surface area contributed by atoms with Crippen molar-refractivity contribution in [3.63, 3.8) is 0 Å². The summed E-state index contributed by atoms with van der Waals surface area (Å²) in [6, 6.07) is 8.58. The van der Waals surface area contributed by atoms with Gasteiger partial charge in [-0.3, -0.25) is 4.79 Å². The van der Waals surface area contributed by atoms with E-state index in [0.29, 0.717) is 11.1 Å². The molecule has 2 N–H and O–H groups in total. The van der Waals surface area contributed by atoms with Crippen molar-refractivity contribution in [2.45, 2.75) is 13.0 Å². The number of nitrogens with zero attached hydrogens (tertiary/aromatic N) is 1. The number of nitrogens with one attached hydrogen (secondary N) is 1. The third-order valence-electron chi connectivity index (χ3n) is 3.68. The Kier molecular flexibility index (Phi) is 5.09. The summed E-state index contributed by atoms with van der Waals surface area (Å²) in [7, 11) is 0. The summed E-state index contributed by atoms with van der Waals surface area (Å²) in [5.74, 6) is -2.55. The van der Waals surface area contributed by atoms with E-state index < -0.39 is 23.9 Å². The molecule has 0 aliphatic heterocycles. The molecule has 1 aromatic heterocycles. The van der Waals surface area contributed by atoms with Crippen LogP contribution in [0.4, 0.5) is 5.69 Å². The lowest BCUT2D eigenvalue weighted by molar-refractivity contribution is -0.123. The number of benzene rings is 2. The number of esters is 1. The van der Waals surface area contributed by atoms with Crippen LogP contribution >= 0.6 is 11.6 Å². The molecule has 2 aromatic carbocycles. The number of anilines is 1. The predicted octanol–water partition coefficient (Wildman–Crippen LogP) is 3.36. The van der Waals surface area contributed by atoms with Crippen molar-refractivity contribution in [1.82, 2.24) is 4.98 Å². The number of amides is 1. The number of hydrogen-bond donors (Lipinski definition) is 2. The number of aromatic nitrogens is 1. The van der Waals surface area contributed by atoms with Crippen molar-refractivity contribution < 1.29 is 28.6 Å². The zero-order valence-electron chi connectivity index (χ0n) is 13.9. The van der Waals surface area contributed by atoms with Gasteiger partial charge < -0.3 is 19.6 Å². The van der Waals surface area contributed by atoms with E-state index in [2.05, 4.69) is 10.3 Å². The lowest BCUT2D eigenvalue weighted by Crippen LogP contribution is -2.30. The molecule has 0 fully saturated rings. The van der Waals surface area contributed by atoms with Gasteiger partial charge in [0.1, 0.15) is 5.52 Å². The maximum atomic E-state index is 12.2. The van der Waals surface area contributed by atoms with Gasteiger partial charge in [-0.25, -0.2) is 14.6 Å². The number of ether oxygens (including phenoxy) is 1. The van der Waals surface area contributed by atoms with E-state index in [1.807, 2.05) is 0 Å². The number of hydrogen-bond acceptors (Lipinski definition) is 6. The number of halogens is 1. The molecule has 0 spiro atoms. The maximum absolute atomic E-state index is 12.2. The van der Waals surface area contributed by atoms with Gasteiger partial charge in [0.2, 0.25) is 0 Å². The Bertz CT molecular complexity index is 1050. The normalized spacial score (nSPS) is 11.8. The van der Waals surface area contributed by atoms with Gasteiger partial charge in [0, 0.05) is 5.69 Å². The molecule has 1 atom stereocenters. The van der Waals surface area contributed by atoms with Gasteiger partial charge in [-0.15, -0.1) is 0 Å². The third kappa shape index (κ3) is 4.06. The molecule has 1 amide bonds. The second-order valence-corrected chi connectivity index (χ2v) is 5.98. The average molecular weight is 389 g/mol. The molecule has 0 aliphatic rings. The summed E-state index contributed by atoms with van der Waals surface area (Å²) in [5.41, 5.74) is 1.29. The molecule has 3 aromatic rings. The van der Waals surface area contributed by atoms with Gasteiger partial charge in [-0.1, -0.05) is 11.6 Å². The van der Waals surface area contributed by atoms with E-state index in [-0.39, 0.29) is 21.8 Å². The molecule has 0 saturated heterocycles. The number of fused-ring (bicyclic) bond motifs is 1. The maximum Gasteiger partial charge on any atom is 0.338 e. The van der Waals surface area contributed by atoms with Crippen LogP contribution in [0.25, 0.3) is 11.1 Å². The number of carboxylic acid groups (broad SMARTS) is 1. The molecule has 0 bridgehead atoms. The molecule has 9 heteroatoms.